The van der Waals surface area contributed by atoms with Crippen LogP contribution in [0.15, 0.2) is 18.2 Å². The molecule has 7 nitrogen and oxygen atoms in total. The van der Waals surface area contributed by atoms with E-state index in [-0.39, 0.29) is 22.8 Å². The first-order chi connectivity index (χ1) is 9.04. The Bertz CT molecular complexity index is 555. The third-order valence-corrected chi connectivity index (χ3v) is 2.96. The van der Waals surface area contributed by atoms with Crippen LogP contribution in [0.25, 0.3) is 0 Å². The lowest BCUT2D eigenvalue weighted by atomic mass is 10.1. The van der Waals surface area contributed by atoms with Gasteiger partial charge in [-0.05, 0) is 18.6 Å². The number of nitro groups is 1. The zero-order valence-corrected chi connectivity index (χ0v) is 10.3. The summed E-state index contributed by atoms with van der Waals surface area (Å²) >= 11 is 0. The lowest BCUT2D eigenvalue weighted by Gasteiger charge is -2.15. The van der Waals surface area contributed by atoms with Gasteiger partial charge in [-0.1, -0.05) is 0 Å². The Hall–Kier alpha value is -2.44. The van der Waals surface area contributed by atoms with Crippen molar-refractivity contribution in [3.63, 3.8) is 0 Å². The van der Waals surface area contributed by atoms with Gasteiger partial charge >= 0.3 is 5.97 Å². The van der Waals surface area contributed by atoms with Gasteiger partial charge in [0.05, 0.1) is 17.6 Å². The van der Waals surface area contributed by atoms with E-state index in [1.165, 1.54) is 24.1 Å². The van der Waals surface area contributed by atoms with Crippen LogP contribution in [0.1, 0.15) is 23.2 Å². The van der Waals surface area contributed by atoms with Crippen molar-refractivity contribution >= 4 is 23.3 Å². The minimum absolute atomic E-state index is 0.0876. The Morgan fingerprint density at radius 1 is 1.47 bits per heavy atom. The third-order valence-electron chi connectivity index (χ3n) is 2.96. The third kappa shape index (κ3) is 2.40. The number of nitrogens with zero attached hydrogens (tertiary/aromatic N) is 2. The second-order valence-electron chi connectivity index (χ2n) is 4.10. The second kappa shape index (κ2) is 5.05. The molecule has 0 radical (unpaired) electrons. The van der Waals surface area contributed by atoms with E-state index in [1.807, 2.05) is 0 Å². The molecular weight excluding hydrogens is 252 g/mol. The van der Waals surface area contributed by atoms with E-state index in [4.69, 9.17) is 0 Å². The molecule has 1 heterocycles. The molecule has 0 saturated carbocycles. The monoisotopic (exact) mass is 264 g/mol. The molecule has 0 N–H and O–H groups in total. The number of methoxy groups -OCH3 is 1. The minimum Gasteiger partial charge on any atom is -0.465 e. The molecule has 1 aromatic carbocycles. The average Bonchev–Trinajstić information content (AvgIpc) is 2.83. The standard InChI is InChI=1S/C12H12N2O5/c1-19-12(16)8-4-5-9(10(7-8)14(17)18)13-6-2-3-11(13)15/h4-5,7H,2-3,6H2,1H3. The number of carbonyl (C=O) groups is 2. The number of benzene rings is 1. The number of ether oxygens (including phenoxy) is 1. The van der Waals surface area contributed by atoms with Crippen LogP contribution in [0.2, 0.25) is 0 Å². The molecule has 100 valence electrons. The van der Waals surface area contributed by atoms with E-state index in [2.05, 4.69) is 4.74 Å². The number of carbonyl (C=O) groups excluding carboxylic acids is 2. The van der Waals surface area contributed by atoms with Crippen LogP contribution in [0.3, 0.4) is 0 Å². The predicted octanol–water partition coefficient (Wildman–Crippen LogP) is 1.51. The van der Waals surface area contributed by atoms with Crippen LogP contribution in [0.4, 0.5) is 11.4 Å². The fourth-order valence-electron chi connectivity index (χ4n) is 2.05. The summed E-state index contributed by atoms with van der Waals surface area (Å²) in [6, 6.07) is 3.96. The van der Waals surface area contributed by atoms with Gasteiger partial charge in [0.2, 0.25) is 5.91 Å². The normalized spacial score (nSPS) is 14.6. The second-order valence-corrected chi connectivity index (χ2v) is 4.10. The molecule has 7 heteroatoms. The van der Waals surface area contributed by atoms with Gasteiger partial charge in [-0.25, -0.2) is 4.79 Å². The molecule has 0 spiro atoms. The number of rotatable bonds is 3. The minimum atomic E-state index is -0.651. The topological polar surface area (TPSA) is 89.8 Å². The Morgan fingerprint density at radius 3 is 2.74 bits per heavy atom. The van der Waals surface area contributed by atoms with Gasteiger partial charge in [0, 0.05) is 19.0 Å². The maximum absolute atomic E-state index is 11.6. The predicted molar refractivity (Wildman–Crippen MR) is 66.0 cm³/mol. The van der Waals surface area contributed by atoms with Crippen LogP contribution >= 0.6 is 0 Å². The summed E-state index contributed by atoms with van der Waals surface area (Å²) < 4.78 is 4.52. The summed E-state index contributed by atoms with van der Waals surface area (Å²) in [5.41, 5.74) is 0.0444. The molecule has 0 aromatic heterocycles. The molecule has 0 unspecified atom stereocenters. The molecule has 0 aliphatic carbocycles. The number of nitro benzene ring substituents is 1. The molecule has 1 aliphatic heterocycles. The number of esters is 1. The van der Waals surface area contributed by atoms with E-state index in [0.717, 1.165) is 6.07 Å². The van der Waals surface area contributed by atoms with Crippen LogP contribution < -0.4 is 4.90 Å². The van der Waals surface area contributed by atoms with Crippen molar-refractivity contribution in [2.75, 3.05) is 18.6 Å². The highest BCUT2D eigenvalue weighted by atomic mass is 16.6. The van der Waals surface area contributed by atoms with Crippen molar-refractivity contribution < 1.29 is 19.2 Å². The smallest absolute Gasteiger partial charge is 0.338 e. The maximum Gasteiger partial charge on any atom is 0.338 e. The van der Waals surface area contributed by atoms with Crippen LogP contribution in [0, 0.1) is 10.1 Å². The first-order valence-corrected chi connectivity index (χ1v) is 5.71. The van der Waals surface area contributed by atoms with Crippen molar-refractivity contribution in [1.82, 2.24) is 0 Å². The molecule has 2 rings (SSSR count). The van der Waals surface area contributed by atoms with Gasteiger partial charge in [0.1, 0.15) is 5.69 Å². The Morgan fingerprint density at radius 2 is 2.21 bits per heavy atom. The molecule has 0 bridgehead atoms. The number of amides is 1. The number of hydrogen-bond donors (Lipinski definition) is 0. The van der Waals surface area contributed by atoms with Crippen molar-refractivity contribution in [3.8, 4) is 0 Å². The summed E-state index contributed by atoms with van der Waals surface area (Å²) in [5, 5.41) is 11.1. The van der Waals surface area contributed by atoms with Gasteiger partial charge in [0.15, 0.2) is 0 Å². The highest BCUT2D eigenvalue weighted by Gasteiger charge is 2.28. The molecule has 1 saturated heterocycles. The summed E-state index contributed by atoms with van der Waals surface area (Å²) in [6.07, 6.45) is 1.06. The zero-order valence-electron chi connectivity index (χ0n) is 10.3. The van der Waals surface area contributed by atoms with Gasteiger partial charge < -0.3 is 9.64 Å². The first kappa shape index (κ1) is 13.0. The molecule has 19 heavy (non-hydrogen) atoms. The Labute approximate surface area is 108 Å². The first-order valence-electron chi connectivity index (χ1n) is 5.71. The van der Waals surface area contributed by atoms with Crippen LogP contribution in [-0.4, -0.2) is 30.5 Å². The molecule has 1 amide bonds. The lowest BCUT2D eigenvalue weighted by molar-refractivity contribution is -0.384. The van der Waals surface area contributed by atoms with E-state index in [1.54, 1.807) is 0 Å². The van der Waals surface area contributed by atoms with Gasteiger partial charge in [-0.3, -0.25) is 14.9 Å². The quantitative estimate of drug-likeness (QED) is 0.469. The summed E-state index contributed by atoms with van der Waals surface area (Å²) in [7, 11) is 1.20. The van der Waals surface area contributed by atoms with Crippen molar-refractivity contribution in [2.24, 2.45) is 0 Å². The van der Waals surface area contributed by atoms with E-state index < -0.39 is 10.9 Å². The summed E-state index contributed by atoms with van der Waals surface area (Å²) in [5.74, 6) is -0.795. The van der Waals surface area contributed by atoms with Crippen LogP contribution in [-0.2, 0) is 9.53 Å². The van der Waals surface area contributed by atoms with Crippen molar-refractivity contribution in [1.29, 1.82) is 0 Å². The maximum atomic E-state index is 11.6. The zero-order chi connectivity index (χ0) is 14.0. The molecular formula is C12H12N2O5. The largest absolute Gasteiger partial charge is 0.465 e. The fourth-order valence-corrected chi connectivity index (χ4v) is 2.05. The number of anilines is 1. The SMILES string of the molecule is COC(=O)c1ccc(N2CCCC2=O)c([N+](=O)[O-])c1. The Balaban J connectivity index is 2.46. The highest BCUT2D eigenvalue weighted by Crippen LogP contribution is 2.32. The molecule has 1 fully saturated rings. The summed E-state index contributed by atoms with van der Waals surface area (Å²) in [4.78, 5) is 34.8. The Kier molecular flexibility index (Phi) is 3.46. The fraction of sp³-hybridized carbons (Fsp3) is 0.333. The molecule has 1 aliphatic rings. The highest BCUT2D eigenvalue weighted by molar-refractivity contribution is 5.99. The van der Waals surface area contributed by atoms with Crippen molar-refractivity contribution in [2.45, 2.75) is 12.8 Å². The number of hydrogen-bond acceptors (Lipinski definition) is 5. The van der Waals surface area contributed by atoms with Gasteiger partial charge in [-0.15, -0.1) is 0 Å². The summed E-state index contributed by atoms with van der Waals surface area (Å²) in [6.45, 7) is 0.456. The van der Waals surface area contributed by atoms with Crippen LogP contribution in [0.5, 0.6) is 0 Å². The molecule has 1 aromatic rings. The van der Waals surface area contributed by atoms with Crippen molar-refractivity contribution in [3.05, 3.63) is 33.9 Å². The molecule has 0 atom stereocenters. The lowest BCUT2D eigenvalue weighted by Crippen LogP contribution is -2.24. The van der Waals surface area contributed by atoms with Gasteiger partial charge in [-0.2, -0.15) is 0 Å². The van der Waals surface area contributed by atoms with Gasteiger partial charge in [0.25, 0.3) is 5.69 Å². The average molecular weight is 264 g/mol. The van der Waals surface area contributed by atoms with E-state index in [0.29, 0.717) is 19.4 Å². The van der Waals surface area contributed by atoms with E-state index >= 15 is 0 Å². The van der Waals surface area contributed by atoms with E-state index in [9.17, 15) is 19.7 Å².